The number of hydrogen-bond acceptors (Lipinski definition) is 4. The smallest absolute Gasteiger partial charge is 0.127 e. The molecule has 2 unspecified atom stereocenters. The molecule has 1 aliphatic carbocycles. The largest absolute Gasteiger partial charge is 0.364 e. The van der Waals surface area contributed by atoms with Crippen LogP contribution in [-0.2, 0) is 0 Å². The van der Waals surface area contributed by atoms with E-state index in [2.05, 4.69) is 17.6 Å². The van der Waals surface area contributed by atoms with Crippen molar-refractivity contribution in [3.05, 3.63) is 10.6 Å². The third-order valence-electron chi connectivity index (χ3n) is 2.78. The Hall–Kier alpha value is -0.190. The number of nitrogens with one attached hydrogen (secondary N) is 2. The predicted molar refractivity (Wildman–Crippen MR) is 61.7 cm³/mol. The summed E-state index contributed by atoms with van der Waals surface area (Å²) in [5.74, 6) is 0. The predicted octanol–water partition coefficient (Wildman–Crippen LogP) is 1.33. The van der Waals surface area contributed by atoms with Crippen molar-refractivity contribution in [1.82, 2.24) is 10.6 Å². The summed E-state index contributed by atoms with van der Waals surface area (Å²) in [5.41, 5.74) is 7.33. The molecule has 14 heavy (non-hydrogen) atoms. The summed E-state index contributed by atoms with van der Waals surface area (Å²) in [6.07, 6.45) is 4.80. The van der Waals surface area contributed by atoms with E-state index < -0.39 is 0 Å². The van der Waals surface area contributed by atoms with Crippen LogP contribution in [0.2, 0.25) is 0 Å². The van der Waals surface area contributed by atoms with Crippen LogP contribution in [0.5, 0.6) is 0 Å². The van der Waals surface area contributed by atoms with Crippen LogP contribution >= 0.6 is 11.8 Å². The van der Waals surface area contributed by atoms with Crippen LogP contribution in [0.25, 0.3) is 0 Å². The van der Waals surface area contributed by atoms with E-state index in [0.29, 0.717) is 6.04 Å². The lowest BCUT2D eigenvalue weighted by Gasteiger charge is -2.23. The van der Waals surface area contributed by atoms with E-state index in [-0.39, 0.29) is 5.50 Å². The van der Waals surface area contributed by atoms with E-state index in [9.17, 15) is 0 Å². The maximum atomic E-state index is 5.83. The van der Waals surface area contributed by atoms with Crippen LogP contribution in [-0.4, -0.2) is 18.1 Å². The summed E-state index contributed by atoms with van der Waals surface area (Å²) in [6.45, 7) is 3.35. The molecule has 0 amide bonds. The molecule has 0 aromatic rings. The zero-order valence-electron chi connectivity index (χ0n) is 8.68. The Morgan fingerprint density at radius 2 is 2.50 bits per heavy atom. The highest BCUT2D eigenvalue weighted by Gasteiger charge is 2.27. The quantitative estimate of drug-likeness (QED) is 0.662. The molecule has 0 spiro atoms. The van der Waals surface area contributed by atoms with Gasteiger partial charge in [0.15, 0.2) is 0 Å². The zero-order chi connectivity index (χ0) is 9.97. The molecule has 2 aliphatic rings. The summed E-state index contributed by atoms with van der Waals surface area (Å²) in [7, 11) is 0. The highest BCUT2D eigenvalue weighted by molar-refractivity contribution is 8.03. The van der Waals surface area contributed by atoms with Crippen molar-refractivity contribution >= 4 is 11.8 Å². The van der Waals surface area contributed by atoms with Crippen LogP contribution in [0.15, 0.2) is 10.6 Å². The second kappa shape index (κ2) is 4.55. The van der Waals surface area contributed by atoms with Gasteiger partial charge in [0.2, 0.25) is 0 Å². The topological polar surface area (TPSA) is 50.1 Å². The molecule has 0 bridgehead atoms. The maximum Gasteiger partial charge on any atom is 0.127 e. The number of thioether (sulfide) groups is 1. The fraction of sp³-hybridized carbons (Fsp3) is 0.800. The summed E-state index contributed by atoms with van der Waals surface area (Å²) in [4.78, 5) is 1.48. The Kier molecular flexibility index (Phi) is 3.36. The van der Waals surface area contributed by atoms with Gasteiger partial charge in [-0.1, -0.05) is 18.7 Å². The molecular weight excluding hydrogens is 194 g/mol. The third-order valence-corrected chi connectivity index (χ3v) is 3.85. The average molecular weight is 213 g/mol. The van der Waals surface area contributed by atoms with E-state index in [1.807, 2.05) is 0 Å². The van der Waals surface area contributed by atoms with E-state index in [0.717, 1.165) is 13.0 Å². The number of hydrogen-bond donors (Lipinski definition) is 3. The minimum Gasteiger partial charge on any atom is -0.364 e. The number of nitrogens with two attached hydrogens (primary N) is 1. The Labute approximate surface area is 89.9 Å². The van der Waals surface area contributed by atoms with Crippen LogP contribution < -0.4 is 16.4 Å². The van der Waals surface area contributed by atoms with Crippen LogP contribution in [0.3, 0.4) is 0 Å². The number of allylic oxidation sites excluding steroid dienone is 1. The van der Waals surface area contributed by atoms with Gasteiger partial charge in [0, 0.05) is 16.6 Å². The van der Waals surface area contributed by atoms with Crippen molar-refractivity contribution in [1.29, 1.82) is 0 Å². The first-order valence-corrected chi connectivity index (χ1v) is 6.31. The van der Waals surface area contributed by atoms with Gasteiger partial charge < -0.3 is 16.4 Å². The lowest BCUT2D eigenvalue weighted by molar-refractivity contribution is 0.458. The van der Waals surface area contributed by atoms with Gasteiger partial charge in [0.25, 0.3) is 0 Å². The highest BCUT2D eigenvalue weighted by atomic mass is 32.2. The molecule has 0 saturated carbocycles. The third kappa shape index (κ3) is 2.24. The molecule has 4 heteroatoms. The SMILES string of the molecule is CCCNC1CCC2=C(C1)SC(N)N2. The van der Waals surface area contributed by atoms with Crippen molar-refractivity contribution in [3.63, 3.8) is 0 Å². The lowest BCUT2D eigenvalue weighted by atomic mass is 9.99. The molecule has 4 N–H and O–H groups in total. The van der Waals surface area contributed by atoms with Gasteiger partial charge in [-0.15, -0.1) is 0 Å². The Morgan fingerprint density at radius 3 is 3.29 bits per heavy atom. The van der Waals surface area contributed by atoms with Crippen molar-refractivity contribution in [2.45, 2.75) is 44.1 Å². The molecule has 2 rings (SSSR count). The number of rotatable bonds is 3. The van der Waals surface area contributed by atoms with Gasteiger partial charge in [-0.3, -0.25) is 0 Å². The Bertz CT molecular complexity index is 240. The molecule has 0 aromatic heterocycles. The first-order chi connectivity index (χ1) is 6.79. The summed E-state index contributed by atoms with van der Waals surface area (Å²) in [5, 5.41) is 6.91. The van der Waals surface area contributed by atoms with Gasteiger partial charge >= 0.3 is 0 Å². The van der Waals surface area contributed by atoms with E-state index in [1.54, 1.807) is 11.8 Å². The molecule has 0 fully saturated rings. The minimum absolute atomic E-state index is 0.102. The molecule has 1 heterocycles. The van der Waals surface area contributed by atoms with Gasteiger partial charge in [-0.25, -0.2) is 0 Å². The fourth-order valence-corrected chi connectivity index (χ4v) is 3.16. The first kappa shape index (κ1) is 10.3. The zero-order valence-corrected chi connectivity index (χ0v) is 9.49. The minimum atomic E-state index is 0.102. The van der Waals surface area contributed by atoms with Crippen molar-refractivity contribution in [2.24, 2.45) is 5.73 Å². The lowest BCUT2D eigenvalue weighted by Crippen LogP contribution is -2.33. The van der Waals surface area contributed by atoms with Crippen molar-refractivity contribution < 1.29 is 0 Å². The van der Waals surface area contributed by atoms with Crippen molar-refractivity contribution in [3.8, 4) is 0 Å². The molecule has 0 aromatic carbocycles. The van der Waals surface area contributed by atoms with Gasteiger partial charge in [-0.2, -0.15) is 0 Å². The van der Waals surface area contributed by atoms with Crippen LogP contribution in [0.1, 0.15) is 32.6 Å². The average Bonchev–Trinajstić information content (AvgIpc) is 2.54. The molecule has 0 radical (unpaired) electrons. The molecular formula is C10H19N3S. The van der Waals surface area contributed by atoms with E-state index in [4.69, 9.17) is 5.73 Å². The van der Waals surface area contributed by atoms with Gasteiger partial charge in [0.1, 0.15) is 5.50 Å². The molecule has 3 nitrogen and oxygen atoms in total. The highest BCUT2D eigenvalue weighted by Crippen LogP contribution is 2.37. The molecule has 80 valence electrons. The van der Waals surface area contributed by atoms with Gasteiger partial charge in [0.05, 0.1) is 0 Å². The fourth-order valence-electron chi connectivity index (χ4n) is 2.06. The second-order valence-electron chi connectivity index (χ2n) is 3.98. The standard InChI is InChI=1S/C10H19N3S/c1-2-5-12-7-3-4-8-9(6-7)14-10(11)13-8/h7,10,12-13H,2-6,11H2,1H3. The van der Waals surface area contributed by atoms with Crippen LogP contribution in [0.4, 0.5) is 0 Å². The van der Waals surface area contributed by atoms with Crippen LogP contribution in [0, 0.1) is 0 Å². The Balaban J connectivity index is 1.87. The molecule has 0 saturated heterocycles. The normalized spacial score (nSPS) is 31.6. The van der Waals surface area contributed by atoms with Gasteiger partial charge in [-0.05, 0) is 32.2 Å². The maximum absolute atomic E-state index is 5.83. The van der Waals surface area contributed by atoms with E-state index in [1.165, 1.54) is 29.9 Å². The molecule has 1 aliphatic heterocycles. The van der Waals surface area contributed by atoms with E-state index >= 15 is 0 Å². The first-order valence-electron chi connectivity index (χ1n) is 5.43. The Morgan fingerprint density at radius 1 is 1.64 bits per heavy atom. The molecule has 2 atom stereocenters. The van der Waals surface area contributed by atoms with Crippen molar-refractivity contribution in [2.75, 3.05) is 6.54 Å². The summed E-state index contributed by atoms with van der Waals surface area (Å²) >= 11 is 1.79. The summed E-state index contributed by atoms with van der Waals surface area (Å²) in [6, 6.07) is 0.674. The monoisotopic (exact) mass is 213 g/mol. The summed E-state index contributed by atoms with van der Waals surface area (Å²) < 4.78 is 0. The second-order valence-corrected chi connectivity index (χ2v) is 5.21.